The second-order valence-electron chi connectivity index (χ2n) is 6.85. The van der Waals surface area contributed by atoms with Crippen LogP contribution in [0, 0.1) is 5.92 Å². The Balaban J connectivity index is 1.56. The SMILES string of the molecule is CN(C)[C@H](CNC(=O)[C@@H]1CCCN(C(=O)c2ccco2)C1)c1ccsc1. The van der Waals surface area contributed by atoms with E-state index in [9.17, 15) is 9.59 Å². The van der Waals surface area contributed by atoms with Crippen molar-refractivity contribution in [2.24, 2.45) is 5.92 Å². The molecule has 0 bridgehead atoms. The molecule has 2 amide bonds. The first-order chi connectivity index (χ1) is 12.6. The molecule has 2 aromatic rings. The summed E-state index contributed by atoms with van der Waals surface area (Å²) in [5.74, 6) is 0.0325. The third-order valence-electron chi connectivity index (χ3n) is 4.83. The molecule has 2 atom stereocenters. The van der Waals surface area contributed by atoms with Gasteiger partial charge in [0, 0.05) is 19.6 Å². The van der Waals surface area contributed by atoms with E-state index in [1.54, 1.807) is 28.4 Å². The predicted molar refractivity (Wildman–Crippen MR) is 101 cm³/mol. The van der Waals surface area contributed by atoms with Gasteiger partial charge in [0.1, 0.15) is 0 Å². The average molecular weight is 375 g/mol. The lowest BCUT2D eigenvalue weighted by Gasteiger charge is -2.32. The topological polar surface area (TPSA) is 65.8 Å². The van der Waals surface area contributed by atoms with Crippen LogP contribution in [0.25, 0.3) is 0 Å². The zero-order valence-corrected chi connectivity index (χ0v) is 16.0. The number of likely N-dealkylation sites (tertiary alicyclic amines) is 1. The van der Waals surface area contributed by atoms with Crippen molar-refractivity contribution in [3.8, 4) is 0 Å². The van der Waals surface area contributed by atoms with E-state index >= 15 is 0 Å². The lowest BCUT2D eigenvalue weighted by atomic mass is 9.96. The van der Waals surface area contributed by atoms with Crippen LogP contribution in [0.4, 0.5) is 0 Å². The molecule has 1 N–H and O–H groups in total. The van der Waals surface area contributed by atoms with Crippen LogP contribution in [0.2, 0.25) is 0 Å². The summed E-state index contributed by atoms with van der Waals surface area (Å²) in [6, 6.07) is 5.60. The highest BCUT2D eigenvalue weighted by Crippen LogP contribution is 2.22. The molecule has 0 spiro atoms. The molecule has 1 saturated heterocycles. The van der Waals surface area contributed by atoms with E-state index in [1.807, 2.05) is 19.5 Å². The van der Waals surface area contributed by atoms with Crippen molar-refractivity contribution in [2.45, 2.75) is 18.9 Å². The highest BCUT2D eigenvalue weighted by Gasteiger charge is 2.30. The summed E-state index contributed by atoms with van der Waals surface area (Å²) in [7, 11) is 4.03. The summed E-state index contributed by atoms with van der Waals surface area (Å²) >= 11 is 1.66. The van der Waals surface area contributed by atoms with Gasteiger partial charge in [0.25, 0.3) is 5.91 Å². The van der Waals surface area contributed by atoms with Gasteiger partial charge in [0.05, 0.1) is 18.2 Å². The van der Waals surface area contributed by atoms with Gasteiger partial charge in [-0.25, -0.2) is 0 Å². The van der Waals surface area contributed by atoms with Gasteiger partial charge in [0.2, 0.25) is 5.91 Å². The molecule has 1 aliphatic heterocycles. The molecule has 0 saturated carbocycles. The van der Waals surface area contributed by atoms with E-state index in [4.69, 9.17) is 4.42 Å². The highest BCUT2D eigenvalue weighted by molar-refractivity contribution is 7.07. The van der Waals surface area contributed by atoms with Crippen molar-refractivity contribution in [3.05, 3.63) is 46.5 Å². The van der Waals surface area contributed by atoms with Crippen molar-refractivity contribution in [2.75, 3.05) is 33.7 Å². The summed E-state index contributed by atoms with van der Waals surface area (Å²) in [5.41, 5.74) is 1.21. The second-order valence-corrected chi connectivity index (χ2v) is 7.63. The molecule has 140 valence electrons. The molecule has 0 unspecified atom stereocenters. The smallest absolute Gasteiger partial charge is 0.289 e. The number of nitrogens with one attached hydrogen (secondary N) is 1. The zero-order valence-electron chi connectivity index (χ0n) is 15.2. The molecule has 3 rings (SSSR count). The van der Waals surface area contributed by atoms with E-state index in [2.05, 4.69) is 21.7 Å². The fourth-order valence-electron chi connectivity index (χ4n) is 3.34. The lowest BCUT2D eigenvalue weighted by molar-refractivity contribution is -0.126. The molecule has 6 nitrogen and oxygen atoms in total. The average Bonchev–Trinajstić information content (AvgIpc) is 3.35. The van der Waals surface area contributed by atoms with Crippen LogP contribution < -0.4 is 5.32 Å². The Morgan fingerprint density at radius 2 is 2.27 bits per heavy atom. The molecular weight excluding hydrogens is 350 g/mol. The largest absolute Gasteiger partial charge is 0.459 e. The van der Waals surface area contributed by atoms with E-state index < -0.39 is 0 Å². The van der Waals surface area contributed by atoms with Crippen LogP contribution in [-0.2, 0) is 4.79 Å². The van der Waals surface area contributed by atoms with Crippen molar-refractivity contribution >= 4 is 23.2 Å². The Morgan fingerprint density at radius 1 is 1.42 bits per heavy atom. The quantitative estimate of drug-likeness (QED) is 0.843. The van der Waals surface area contributed by atoms with Crippen molar-refractivity contribution in [3.63, 3.8) is 0 Å². The molecule has 0 radical (unpaired) electrons. The van der Waals surface area contributed by atoms with Crippen molar-refractivity contribution in [1.82, 2.24) is 15.1 Å². The Morgan fingerprint density at radius 3 is 2.92 bits per heavy atom. The van der Waals surface area contributed by atoms with Crippen LogP contribution >= 0.6 is 11.3 Å². The summed E-state index contributed by atoms with van der Waals surface area (Å²) in [4.78, 5) is 28.9. The van der Waals surface area contributed by atoms with Crippen LogP contribution in [-0.4, -0.2) is 55.3 Å². The maximum atomic E-state index is 12.7. The van der Waals surface area contributed by atoms with Gasteiger partial charge < -0.3 is 19.5 Å². The number of carbonyl (C=O) groups excluding carboxylic acids is 2. The fourth-order valence-corrected chi connectivity index (χ4v) is 4.04. The zero-order chi connectivity index (χ0) is 18.5. The first kappa shape index (κ1) is 18.7. The Bertz CT molecular complexity index is 712. The Hall–Kier alpha value is -2.12. The van der Waals surface area contributed by atoms with E-state index in [0.29, 0.717) is 25.4 Å². The molecule has 0 aliphatic carbocycles. The molecule has 3 heterocycles. The number of carbonyl (C=O) groups is 2. The monoisotopic (exact) mass is 375 g/mol. The van der Waals surface area contributed by atoms with Crippen LogP contribution in [0.1, 0.15) is 35.0 Å². The summed E-state index contributed by atoms with van der Waals surface area (Å²) < 4.78 is 5.19. The minimum absolute atomic E-state index is 0.0176. The van der Waals surface area contributed by atoms with Crippen molar-refractivity contribution in [1.29, 1.82) is 0 Å². The Kier molecular flexibility index (Phi) is 6.11. The molecule has 2 aromatic heterocycles. The fraction of sp³-hybridized carbons (Fsp3) is 0.474. The van der Waals surface area contributed by atoms with Gasteiger partial charge >= 0.3 is 0 Å². The standard InChI is InChI=1S/C19H25N3O3S/c1-21(2)16(15-7-10-26-13-15)11-20-18(23)14-5-3-8-22(12-14)19(24)17-6-4-9-25-17/h4,6-7,9-10,13-14,16H,3,5,8,11-12H2,1-2H3,(H,20,23)/t14-,16-/m1/s1. The number of piperidine rings is 1. The number of furan rings is 1. The lowest BCUT2D eigenvalue weighted by Crippen LogP contribution is -2.46. The van der Waals surface area contributed by atoms with Crippen LogP contribution in [0.5, 0.6) is 0 Å². The van der Waals surface area contributed by atoms with Gasteiger partial charge in [0.15, 0.2) is 5.76 Å². The van der Waals surface area contributed by atoms with Gasteiger partial charge in [-0.2, -0.15) is 11.3 Å². The van der Waals surface area contributed by atoms with Crippen molar-refractivity contribution < 1.29 is 14.0 Å². The normalized spacial score (nSPS) is 18.7. The number of rotatable bonds is 6. The highest BCUT2D eigenvalue weighted by atomic mass is 32.1. The molecule has 26 heavy (non-hydrogen) atoms. The van der Waals surface area contributed by atoms with Crippen LogP contribution in [0.3, 0.4) is 0 Å². The Labute approximate surface area is 157 Å². The maximum Gasteiger partial charge on any atom is 0.289 e. The summed E-state index contributed by atoms with van der Waals surface area (Å²) in [6.07, 6.45) is 3.12. The number of nitrogens with zero attached hydrogens (tertiary/aromatic N) is 2. The summed E-state index contributed by atoms with van der Waals surface area (Å²) in [5, 5.41) is 7.24. The number of amides is 2. The first-order valence-corrected chi connectivity index (χ1v) is 9.79. The second kappa shape index (κ2) is 8.51. The van der Waals surface area contributed by atoms with Gasteiger partial charge in [-0.3, -0.25) is 9.59 Å². The van der Waals surface area contributed by atoms with Crippen LogP contribution in [0.15, 0.2) is 39.6 Å². The molecule has 0 aromatic carbocycles. The minimum atomic E-state index is -0.173. The molecular formula is C19H25N3O3S. The predicted octanol–water partition coefficient (Wildman–Crippen LogP) is 2.61. The maximum absolute atomic E-state index is 12.7. The number of hydrogen-bond donors (Lipinski definition) is 1. The van der Waals surface area contributed by atoms with E-state index in [-0.39, 0.29) is 23.8 Å². The minimum Gasteiger partial charge on any atom is -0.459 e. The third-order valence-corrected chi connectivity index (χ3v) is 5.53. The van der Waals surface area contributed by atoms with Gasteiger partial charge in [-0.05, 0) is 61.5 Å². The number of hydrogen-bond acceptors (Lipinski definition) is 5. The van der Waals surface area contributed by atoms with E-state index in [1.165, 1.54) is 11.8 Å². The third kappa shape index (κ3) is 4.34. The van der Waals surface area contributed by atoms with Gasteiger partial charge in [-0.1, -0.05) is 0 Å². The summed E-state index contributed by atoms with van der Waals surface area (Å²) in [6.45, 7) is 1.67. The first-order valence-electron chi connectivity index (χ1n) is 8.85. The molecule has 1 fully saturated rings. The molecule has 1 aliphatic rings. The number of likely N-dealkylation sites (N-methyl/N-ethyl adjacent to an activating group) is 1. The number of thiophene rings is 1. The molecule has 7 heteroatoms. The van der Waals surface area contributed by atoms with Gasteiger partial charge in [-0.15, -0.1) is 0 Å². The van der Waals surface area contributed by atoms with E-state index in [0.717, 1.165) is 12.8 Å².